The third kappa shape index (κ3) is 6.91. The zero-order chi connectivity index (χ0) is 26.9. The zero-order valence-electron chi connectivity index (χ0n) is 19.8. The lowest BCUT2D eigenvalue weighted by Crippen LogP contribution is -2.18. The number of amides is 1. The molecule has 0 aliphatic rings. The van der Waals surface area contributed by atoms with Crippen LogP contribution in [0.4, 0.5) is 14.5 Å². The summed E-state index contributed by atoms with van der Waals surface area (Å²) in [5.41, 5.74) is 0.873. The highest BCUT2D eigenvalue weighted by molar-refractivity contribution is 7.99. The van der Waals surface area contributed by atoms with E-state index in [0.717, 1.165) is 11.8 Å². The van der Waals surface area contributed by atoms with Gasteiger partial charge in [-0.05, 0) is 42.5 Å². The Bertz CT molecular complexity index is 1300. The Hall–Kier alpha value is -4.26. The molecule has 37 heavy (non-hydrogen) atoms. The number of thioether (sulfide) groups is 1. The minimum absolute atomic E-state index is 0.00222. The molecule has 0 atom stereocenters. The van der Waals surface area contributed by atoms with Gasteiger partial charge < -0.3 is 19.5 Å². The van der Waals surface area contributed by atoms with Gasteiger partial charge in [-0.1, -0.05) is 17.8 Å². The van der Waals surface area contributed by atoms with Crippen molar-refractivity contribution in [2.45, 2.75) is 18.3 Å². The molecular formula is C24H22F2N4O6S. The molecule has 0 unspecified atom stereocenters. The van der Waals surface area contributed by atoms with Crippen LogP contribution in [0.1, 0.15) is 20.7 Å². The highest BCUT2D eigenvalue weighted by atomic mass is 32.2. The molecule has 3 rings (SSSR count). The van der Waals surface area contributed by atoms with Crippen molar-refractivity contribution in [1.82, 2.24) is 14.8 Å². The number of benzene rings is 2. The molecule has 10 nitrogen and oxygen atoms in total. The first-order chi connectivity index (χ1) is 17.8. The fourth-order valence-electron chi connectivity index (χ4n) is 3.18. The number of esters is 2. The number of carbonyl (C=O) groups is 3. The van der Waals surface area contributed by atoms with Gasteiger partial charge in [0, 0.05) is 12.1 Å². The summed E-state index contributed by atoms with van der Waals surface area (Å²) in [7, 11) is 2.41. The largest absolute Gasteiger partial charge is 0.465 e. The molecule has 1 heterocycles. The maximum Gasteiger partial charge on any atom is 0.387 e. The number of hydrogen-bond donors (Lipinski definition) is 1. The molecular weight excluding hydrogens is 510 g/mol. The lowest BCUT2D eigenvalue weighted by Gasteiger charge is -2.12. The first-order valence-electron chi connectivity index (χ1n) is 10.6. The predicted molar refractivity (Wildman–Crippen MR) is 131 cm³/mol. The molecule has 0 fully saturated rings. The molecule has 0 aliphatic heterocycles. The van der Waals surface area contributed by atoms with Crippen LogP contribution in [0.3, 0.4) is 0 Å². The Morgan fingerprint density at radius 3 is 2.41 bits per heavy atom. The van der Waals surface area contributed by atoms with Crippen molar-refractivity contribution in [1.29, 1.82) is 0 Å². The molecule has 1 amide bonds. The first kappa shape index (κ1) is 27.3. The molecule has 0 saturated carbocycles. The SMILES string of the molecule is C=CCn1c(SCC(=O)Nc2cc(C(=O)OC)ccc2C(=O)OC)nnc1-c1ccc(OC(F)F)cc1. The Morgan fingerprint density at radius 2 is 1.78 bits per heavy atom. The fraction of sp³-hybridized carbons (Fsp3) is 0.208. The van der Waals surface area contributed by atoms with Gasteiger partial charge in [0.15, 0.2) is 11.0 Å². The lowest BCUT2D eigenvalue weighted by atomic mass is 10.1. The van der Waals surface area contributed by atoms with Crippen LogP contribution < -0.4 is 10.1 Å². The average Bonchev–Trinajstić information content (AvgIpc) is 3.29. The number of nitrogens with zero attached hydrogens (tertiary/aromatic N) is 3. The van der Waals surface area contributed by atoms with Gasteiger partial charge >= 0.3 is 18.6 Å². The predicted octanol–water partition coefficient (Wildman–Crippen LogP) is 4.04. The number of hydrogen-bond acceptors (Lipinski definition) is 9. The van der Waals surface area contributed by atoms with Gasteiger partial charge in [-0.3, -0.25) is 9.36 Å². The molecule has 13 heteroatoms. The number of alkyl halides is 2. The average molecular weight is 533 g/mol. The van der Waals surface area contributed by atoms with Gasteiger partial charge in [0.2, 0.25) is 5.91 Å². The van der Waals surface area contributed by atoms with Crippen molar-refractivity contribution in [3.05, 3.63) is 66.2 Å². The second-order valence-electron chi connectivity index (χ2n) is 7.19. The summed E-state index contributed by atoms with van der Waals surface area (Å²) in [5.74, 6) is -1.49. The maximum absolute atomic E-state index is 12.7. The molecule has 3 aromatic rings. The van der Waals surface area contributed by atoms with Crippen LogP contribution in [0.25, 0.3) is 11.4 Å². The van der Waals surface area contributed by atoms with Crippen LogP contribution in [0.15, 0.2) is 60.3 Å². The fourth-order valence-corrected chi connectivity index (χ4v) is 3.93. The summed E-state index contributed by atoms with van der Waals surface area (Å²) in [6.07, 6.45) is 1.62. The van der Waals surface area contributed by atoms with Crippen LogP contribution in [-0.2, 0) is 20.8 Å². The number of allylic oxidation sites excluding steroid dienone is 1. The van der Waals surface area contributed by atoms with E-state index in [2.05, 4.69) is 31.6 Å². The quantitative estimate of drug-likeness (QED) is 0.222. The molecule has 1 aromatic heterocycles. The molecule has 2 aromatic carbocycles. The van der Waals surface area contributed by atoms with E-state index < -0.39 is 24.5 Å². The van der Waals surface area contributed by atoms with Gasteiger partial charge in [-0.15, -0.1) is 16.8 Å². The standard InChI is InChI=1S/C24H22F2N4O6S/c1-4-11-30-20(14-5-8-16(9-6-14)36-23(25)26)28-29-24(30)37-13-19(31)27-18-12-15(21(32)34-2)7-10-17(18)22(33)35-3/h4-10,12,23H,1,11,13H2,2-3H3,(H,27,31). The van der Waals surface area contributed by atoms with Crippen LogP contribution in [0, 0.1) is 0 Å². The minimum atomic E-state index is -2.93. The van der Waals surface area contributed by atoms with E-state index in [1.807, 2.05) is 0 Å². The zero-order valence-corrected chi connectivity index (χ0v) is 20.6. The molecule has 194 valence electrons. The normalized spacial score (nSPS) is 10.6. The highest BCUT2D eigenvalue weighted by Crippen LogP contribution is 2.27. The summed E-state index contributed by atoms with van der Waals surface area (Å²) < 4.78 is 40.3. The number of ether oxygens (including phenoxy) is 3. The number of aromatic nitrogens is 3. The Labute approximate surface area is 214 Å². The van der Waals surface area contributed by atoms with Gasteiger partial charge in [0.25, 0.3) is 0 Å². The summed E-state index contributed by atoms with van der Waals surface area (Å²) in [6.45, 7) is 1.10. The van der Waals surface area contributed by atoms with E-state index in [0.29, 0.717) is 23.1 Å². The summed E-state index contributed by atoms with van der Waals surface area (Å²) in [4.78, 5) is 36.7. The van der Waals surface area contributed by atoms with Crippen molar-refractivity contribution in [2.75, 3.05) is 25.3 Å². The summed E-state index contributed by atoms with van der Waals surface area (Å²) in [5, 5.41) is 11.3. The monoisotopic (exact) mass is 532 g/mol. The van der Waals surface area contributed by atoms with Crippen molar-refractivity contribution in [2.24, 2.45) is 0 Å². The number of halogens is 2. The summed E-state index contributed by atoms with van der Waals surface area (Å²) >= 11 is 1.07. The third-order valence-electron chi connectivity index (χ3n) is 4.82. The van der Waals surface area contributed by atoms with Crippen LogP contribution >= 0.6 is 11.8 Å². The van der Waals surface area contributed by atoms with Crippen LogP contribution in [-0.4, -0.2) is 59.2 Å². The molecule has 0 radical (unpaired) electrons. The van der Waals surface area contributed by atoms with E-state index in [1.165, 1.54) is 44.6 Å². The topological polar surface area (TPSA) is 122 Å². The number of nitrogens with one attached hydrogen (secondary N) is 1. The number of rotatable bonds is 11. The van der Waals surface area contributed by atoms with E-state index in [4.69, 9.17) is 4.74 Å². The lowest BCUT2D eigenvalue weighted by molar-refractivity contribution is -0.113. The first-order valence-corrected chi connectivity index (χ1v) is 11.6. The maximum atomic E-state index is 12.7. The van der Waals surface area contributed by atoms with Crippen molar-refractivity contribution in [3.63, 3.8) is 0 Å². The van der Waals surface area contributed by atoms with Gasteiger partial charge in [-0.2, -0.15) is 8.78 Å². The highest BCUT2D eigenvalue weighted by Gasteiger charge is 2.19. The van der Waals surface area contributed by atoms with E-state index in [-0.39, 0.29) is 28.3 Å². The van der Waals surface area contributed by atoms with Gasteiger partial charge in [0.1, 0.15) is 5.75 Å². The Balaban J connectivity index is 1.77. The van der Waals surface area contributed by atoms with Crippen molar-refractivity contribution >= 4 is 35.3 Å². The molecule has 0 bridgehead atoms. The van der Waals surface area contributed by atoms with Gasteiger partial charge in [0.05, 0.1) is 36.8 Å². The smallest absolute Gasteiger partial charge is 0.387 e. The van der Waals surface area contributed by atoms with Crippen LogP contribution in [0.5, 0.6) is 5.75 Å². The number of methoxy groups -OCH3 is 2. The second-order valence-corrected chi connectivity index (χ2v) is 8.13. The van der Waals surface area contributed by atoms with E-state index in [1.54, 1.807) is 22.8 Å². The van der Waals surface area contributed by atoms with Crippen LogP contribution in [0.2, 0.25) is 0 Å². The second kappa shape index (κ2) is 12.6. The van der Waals surface area contributed by atoms with E-state index >= 15 is 0 Å². The van der Waals surface area contributed by atoms with Crippen molar-refractivity contribution < 1.29 is 37.4 Å². The third-order valence-corrected chi connectivity index (χ3v) is 5.79. The van der Waals surface area contributed by atoms with E-state index in [9.17, 15) is 23.2 Å². The van der Waals surface area contributed by atoms with Gasteiger partial charge in [-0.25, -0.2) is 9.59 Å². The minimum Gasteiger partial charge on any atom is -0.465 e. The molecule has 0 saturated heterocycles. The Kier molecular flexibility index (Phi) is 9.33. The number of anilines is 1. The summed E-state index contributed by atoms with van der Waals surface area (Å²) in [6, 6.07) is 9.95. The number of carbonyl (C=O) groups excluding carboxylic acids is 3. The molecule has 1 N–H and O–H groups in total. The van der Waals surface area contributed by atoms with Crippen molar-refractivity contribution in [3.8, 4) is 17.1 Å². The molecule has 0 spiro atoms. The molecule has 0 aliphatic carbocycles. The Morgan fingerprint density at radius 1 is 1.08 bits per heavy atom.